The molecule has 2 aromatic carbocycles. The van der Waals surface area contributed by atoms with Crippen LogP contribution in [0.1, 0.15) is 34.1 Å². The van der Waals surface area contributed by atoms with Gasteiger partial charge in [-0.05, 0) is 42.8 Å². The van der Waals surface area contributed by atoms with Gasteiger partial charge in [0.2, 0.25) is 0 Å². The number of hydrogen-bond donors (Lipinski definition) is 3. The van der Waals surface area contributed by atoms with E-state index in [1.54, 1.807) is 30.3 Å². The fraction of sp³-hybridized carbons (Fsp3) is 0.222. The Morgan fingerprint density at radius 1 is 1.08 bits per heavy atom. The van der Waals surface area contributed by atoms with Crippen LogP contribution < -0.4 is 15.4 Å². The first-order chi connectivity index (χ1) is 11.5. The van der Waals surface area contributed by atoms with E-state index in [4.69, 9.17) is 4.74 Å². The average molecular weight is 328 g/mol. The third-order valence-corrected chi connectivity index (χ3v) is 3.39. The number of phenols is 1. The highest BCUT2D eigenvalue weighted by atomic mass is 16.5. The molecule has 0 heterocycles. The molecular formula is C18H20N2O4. The molecule has 0 aliphatic heterocycles. The van der Waals surface area contributed by atoms with E-state index >= 15 is 0 Å². The van der Waals surface area contributed by atoms with E-state index in [-0.39, 0.29) is 17.2 Å². The largest absolute Gasteiger partial charge is 0.507 e. The number of carbonyl (C=O) groups is 2. The Labute approximate surface area is 140 Å². The Balaban J connectivity index is 2.05. The monoisotopic (exact) mass is 328 g/mol. The molecule has 6 heteroatoms. The lowest BCUT2D eigenvalue weighted by molar-refractivity contribution is 0.0953. The summed E-state index contributed by atoms with van der Waals surface area (Å²) >= 11 is 0. The van der Waals surface area contributed by atoms with Gasteiger partial charge >= 0.3 is 0 Å². The summed E-state index contributed by atoms with van der Waals surface area (Å²) in [6.45, 7) is 2.60. The van der Waals surface area contributed by atoms with Gasteiger partial charge in [-0.3, -0.25) is 9.59 Å². The van der Waals surface area contributed by atoms with Crippen LogP contribution in [0, 0.1) is 0 Å². The van der Waals surface area contributed by atoms with Gasteiger partial charge in [0.25, 0.3) is 11.8 Å². The molecule has 0 aliphatic carbocycles. The van der Waals surface area contributed by atoms with Crippen molar-refractivity contribution in [2.45, 2.75) is 13.3 Å². The number of rotatable bonds is 6. The van der Waals surface area contributed by atoms with Crippen molar-refractivity contribution in [3.8, 4) is 11.5 Å². The normalized spacial score (nSPS) is 10.1. The number of phenolic OH excluding ortho intramolecular Hbond substituents is 1. The molecule has 2 rings (SSSR count). The first-order valence-corrected chi connectivity index (χ1v) is 7.61. The van der Waals surface area contributed by atoms with Crippen molar-refractivity contribution in [2.75, 3.05) is 19.0 Å². The summed E-state index contributed by atoms with van der Waals surface area (Å²) in [5.74, 6) is -0.297. The highest BCUT2D eigenvalue weighted by Gasteiger charge is 2.12. The Morgan fingerprint density at radius 3 is 2.38 bits per heavy atom. The maximum absolute atomic E-state index is 12.2. The molecular weight excluding hydrogens is 308 g/mol. The molecule has 6 nitrogen and oxygen atoms in total. The molecule has 0 saturated heterocycles. The summed E-state index contributed by atoms with van der Waals surface area (Å²) in [4.78, 5) is 24.0. The molecule has 24 heavy (non-hydrogen) atoms. The summed E-state index contributed by atoms with van der Waals surface area (Å²) < 4.78 is 4.98. The SMILES string of the molecule is CCCNC(=O)c1ccc(NC(=O)c2ccc(OC)cc2O)cc1. The van der Waals surface area contributed by atoms with E-state index in [0.29, 0.717) is 23.5 Å². The van der Waals surface area contributed by atoms with Crippen molar-refractivity contribution < 1.29 is 19.4 Å². The number of amides is 2. The average Bonchev–Trinajstić information content (AvgIpc) is 2.59. The predicted octanol–water partition coefficient (Wildman–Crippen LogP) is 2.79. The van der Waals surface area contributed by atoms with Crippen LogP contribution in [0.3, 0.4) is 0 Å². The summed E-state index contributed by atoms with van der Waals surface area (Å²) in [6, 6.07) is 11.0. The number of aromatic hydroxyl groups is 1. The maximum atomic E-state index is 12.2. The van der Waals surface area contributed by atoms with E-state index < -0.39 is 5.91 Å². The Bertz CT molecular complexity index is 726. The molecule has 0 saturated carbocycles. The Morgan fingerprint density at radius 2 is 1.79 bits per heavy atom. The lowest BCUT2D eigenvalue weighted by Gasteiger charge is -2.09. The molecule has 0 fully saturated rings. The van der Waals surface area contributed by atoms with Gasteiger partial charge in [0.15, 0.2) is 0 Å². The molecule has 2 amide bonds. The van der Waals surface area contributed by atoms with Gasteiger partial charge < -0.3 is 20.5 Å². The molecule has 2 aromatic rings. The number of hydrogen-bond acceptors (Lipinski definition) is 4. The Kier molecular flexibility index (Phi) is 5.78. The van der Waals surface area contributed by atoms with Crippen LogP contribution >= 0.6 is 0 Å². The van der Waals surface area contributed by atoms with Crippen LogP contribution in [0.5, 0.6) is 11.5 Å². The van der Waals surface area contributed by atoms with Gasteiger partial charge in [-0.25, -0.2) is 0 Å². The van der Waals surface area contributed by atoms with Crippen LogP contribution in [0.25, 0.3) is 0 Å². The second-order valence-electron chi connectivity index (χ2n) is 5.17. The lowest BCUT2D eigenvalue weighted by atomic mass is 10.1. The van der Waals surface area contributed by atoms with Crippen molar-refractivity contribution in [2.24, 2.45) is 0 Å². The van der Waals surface area contributed by atoms with Gasteiger partial charge in [0.1, 0.15) is 11.5 Å². The minimum Gasteiger partial charge on any atom is -0.507 e. The number of nitrogens with one attached hydrogen (secondary N) is 2. The highest BCUT2D eigenvalue weighted by Crippen LogP contribution is 2.24. The Hall–Kier alpha value is -3.02. The lowest BCUT2D eigenvalue weighted by Crippen LogP contribution is -2.23. The van der Waals surface area contributed by atoms with Crippen LogP contribution in [0.2, 0.25) is 0 Å². The maximum Gasteiger partial charge on any atom is 0.259 e. The van der Waals surface area contributed by atoms with Gasteiger partial charge in [-0.15, -0.1) is 0 Å². The van der Waals surface area contributed by atoms with Crippen LogP contribution in [-0.2, 0) is 0 Å². The summed E-state index contributed by atoms with van der Waals surface area (Å²) in [7, 11) is 1.48. The molecule has 0 radical (unpaired) electrons. The third kappa shape index (κ3) is 4.25. The number of ether oxygens (including phenoxy) is 1. The minimum absolute atomic E-state index is 0.139. The van der Waals surface area contributed by atoms with Gasteiger partial charge in [-0.1, -0.05) is 6.92 Å². The number of methoxy groups -OCH3 is 1. The van der Waals surface area contributed by atoms with E-state index in [1.807, 2.05) is 6.92 Å². The van der Waals surface area contributed by atoms with Crippen molar-refractivity contribution in [1.82, 2.24) is 5.32 Å². The van der Waals surface area contributed by atoms with E-state index in [0.717, 1.165) is 6.42 Å². The van der Waals surface area contributed by atoms with Gasteiger partial charge in [0, 0.05) is 23.9 Å². The summed E-state index contributed by atoms with van der Waals surface area (Å²) in [6.07, 6.45) is 0.866. The number of anilines is 1. The quantitative estimate of drug-likeness (QED) is 0.761. The number of benzene rings is 2. The third-order valence-electron chi connectivity index (χ3n) is 3.39. The van der Waals surface area contributed by atoms with Crippen molar-refractivity contribution in [3.63, 3.8) is 0 Å². The fourth-order valence-corrected chi connectivity index (χ4v) is 2.07. The number of carbonyl (C=O) groups excluding carboxylic acids is 2. The van der Waals surface area contributed by atoms with E-state index in [1.165, 1.54) is 19.2 Å². The molecule has 3 N–H and O–H groups in total. The van der Waals surface area contributed by atoms with Gasteiger partial charge in [-0.2, -0.15) is 0 Å². The zero-order valence-electron chi connectivity index (χ0n) is 13.6. The predicted molar refractivity (Wildman–Crippen MR) is 91.7 cm³/mol. The topological polar surface area (TPSA) is 87.7 Å². The first kappa shape index (κ1) is 17.3. The van der Waals surface area contributed by atoms with Crippen LogP contribution in [0.4, 0.5) is 5.69 Å². The second-order valence-corrected chi connectivity index (χ2v) is 5.17. The van der Waals surface area contributed by atoms with E-state index in [9.17, 15) is 14.7 Å². The molecule has 0 bridgehead atoms. The van der Waals surface area contributed by atoms with Gasteiger partial charge in [0.05, 0.1) is 12.7 Å². The van der Waals surface area contributed by atoms with E-state index in [2.05, 4.69) is 10.6 Å². The molecule has 0 aromatic heterocycles. The molecule has 0 atom stereocenters. The smallest absolute Gasteiger partial charge is 0.259 e. The minimum atomic E-state index is -0.446. The highest BCUT2D eigenvalue weighted by molar-refractivity contribution is 6.06. The van der Waals surface area contributed by atoms with Crippen molar-refractivity contribution in [3.05, 3.63) is 53.6 Å². The molecule has 0 spiro atoms. The first-order valence-electron chi connectivity index (χ1n) is 7.61. The standard InChI is InChI=1S/C18H20N2O4/c1-3-10-19-17(22)12-4-6-13(7-5-12)20-18(23)15-9-8-14(24-2)11-16(15)21/h4-9,11,21H,3,10H2,1-2H3,(H,19,22)(H,20,23). The molecule has 0 unspecified atom stereocenters. The summed E-state index contributed by atoms with van der Waals surface area (Å²) in [5, 5.41) is 15.3. The zero-order valence-corrected chi connectivity index (χ0v) is 13.6. The molecule has 126 valence electrons. The van der Waals surface area contributed by atoms with Crippen LogP contribution in [0.15, 0.2) is 42.5 Å². The fourth-order valence-electron chi connectivity index (χ4n) is 2.07. The van der Waals surface area contributed by atoms with Crippen LogP contribution in [-0.4, -0.2) is 30.6 Å². The van der Waals surface area contributed by atoms with Crippen molar-refractivity contribution in [1.29, 1.82) is 0 Å². The second kappa shape index (κ2) is 8.01. The molecule has 0 aliphatic rings. The zero-order chi connectivity index (χ0) is 17.5. The van der Waals surface area contributed by atoms with Crippen molar-refractivity contribution >= 4 is 17.5 Å². The summed E-state index contributed by atoms with van der Waals surface area (Å²) in [5.41, 5.74) is 1.19.